The van der Waals surface area contributed by atoms with Gasteiger partial charge in [0.2, 0.25) is 0 Å². The van der Waals surface area contributed by atoms with Crippen molar-refractivity contribution in [3.05, 3.63) is 350 Å². The summed E-state index contributed by atoms with van der Waals surface area (Å²) < 4.78 is 77.8. The van der Waals surface area contributed by atoms with E-state index < -0.39 is 42.4 Å². The van der Waals surface area contributed by atoms with Crippen molar-refractivity contribution < 1.29 is 90.0 Å². The van der Waals surface area contributed by atoms with Gasteiger partial charge in [-0.3, -0.25) is 31.9 Å². The van der Waals surface area contributed by atoms with Crippen molar-refractivity contribution in [1.29, 1.82) is 0 Å². The van der Waals surface area contributed by atoms with E-state index in [1.54, 1.807) is 18.2 Å². The summed E-state index contributed by atoms with van der Waals surface area (Å²) in [7, 11) is 7.92. The Morgan fingerprint density at radius 1 is 0.269 bits per heavy atom. The number of halogens is 3. The molecule has 0 saturated heterocycles. The number of hydrogen-bond donors (Lipinski definition) is 6. The first-order valence-electron chi connectivity index (χ1n) is 42.9. The average molecular weight is 1910 g/mol. The molecule has 6 amide bonds. The van der Waals surface area contributed by atoms with Crippen LogP contribution >= 0.6 is 27.5 Å². The third-order valence-corrected chi connectivity index (χ3v) is 21.8. The van der Waals surface area contributed by atoms with Gasteiger partial charge in [0.15, 0.2) is 0 Å². The molecule has 0 aromatic heterocycles. The predicted octanol–water partition coefficient (Wildman–Crippen LogP) is 27.4. The lowest BCUT2D eigenvalue weighted by atomic mass is 10.0. The molecule has 0 unspecified atom stereocenters. The molecule has 24 nitrogen and oxygen atoms in total. The van der Waals surface area contributed by atoms with Crippen molar-refractivity contribution in [3.63, 3.8) is 0 Å². The third-order valence-electron chi connectivity index (χ3n) is 20.8. The largest absolute Gasteiger partial charge is 0.489 e. The van der Waals surface area contributed by atoms with Gasteiger partial charge in [-0.05, 0) is 236 Å². The quantitative estimate of drug-likeness (QED) is 0.0290. The van der Waals surface area contributed by atoms with Gasteiger partial charge < -0.3 is 56.8 Å². The molecule has 0 saturated carbocycles. The molecule has 0 bridgehead atoms. The topological polar surface area (TPSA) is 285 Å². The van der Waals surface area contributed by atoms with E-state index in [0.717, 1.165) is 151 Å². The van der Waals surface area contributed by atoms with Crippen LogP contribution in [-0.2, 0) is 74.5 Å². The van der Waals surface area contributed by atoms with E-state index in [0.29, 0.717) is 55.0 Å². The van der Waals surface area contributed by atoms with Gasteiger partial charge in [-0.25, -0.2) is 33.2 Å². The molecule has 12 rings (SSSR count). The second-order valence-electron chi connectivity index (χ2n) is 31.3. The Morgan fingerprint density at radius 2 is 0.522 bits per heavy atom. The van der Waals surface area contributed by atoms with Crippen LogP contribution in [0, 0.1) is 110 Å². The molecule has 0 aliphatic heterocycles. The van der Waals surface area contributed by atoms with Gasteiger partial charge in [0.25, 0.3) is 0 Å². The summed E-state index contributed by atoms with van der Waals surface area (Å²) in [5.74, 6) is 4.35. The van der Waals surface area contributed by atoms with Crippen LogP contribution in [0.3, 0.4) is 0 Å². The van der Waals surface area contributed by atoms with E-state index >= 15 is 0 Å². The molecule has 6 N–H and O–H groups in total. The first-order chi connectivity index (χ1) is 64.0. The predicted molar refractivity (Wildman–Crippen MR) is 533 cm³/mol. The van der Waals surface area contributed by atoms with Gasteiger partial charge in [0.1, 0.15) is 80.0 Å². The van der Waals surface area contributed by atoms with E-state index in [1.807, 2.05) is 248 Å². The van der Waals surface area contributed by atoms with Crippen molar-refractivity contribution in [2.75, 3.05) is 74.6 Å². The molecule has 0 fully saturated rings. The summed E-state index contributed by atoms with van der Waals surface area (Å²) in [5, 5.41) is 16.5. The highest BCUT2D eigenvalue weighted by atomic mass is 79.9. The monoisotopic (exact) mass is 1910 g/mol. The molecule has 27 heteroatoms. The molecule has 0 aliphatic rings. The normalized spacial score (nSPS) is 10.2. The first kappa shape index (κ1) is 107. The lowest BCUT2D eigenvalue weighted by Crippen LogP contribution is -2.15. The van der Waals surface area contributed by atoms with Gasteiger partial charge in [-0.15, -0.1) is 0 Å². The van der Waals surface area contributed by atoms with Crippen LogP contribution in [0.5, 0.6) is 34.5 Å². The molecule has 12 aromatic rings. The Morgan fingerprint density at radius 3 is 0.881 bits per heavy atom. The number of aryl methyl sites for hydroxylation is 16. The maximum atomic E-state index is 13.9. The average Bonchev–Trinajstić information content (AvgIpc) is 0.772. The Kier molecular flexibility index (Phi) is 43.0. The van der Waals surface area contributed by atoms with Crippen LogP contribution in [0.1, 0.15) is 129 Å². The highest BCUT2D eigenvalue weighted by Gasteiger charge is 2.20. The van der Waals surface area contributed by atoms with Gasteiger partial charge in [0.05, 0.1) is 81.8 Å². The molecule has 134 heavy (non-hydrogen) atoms. The van der Waals surface area contributed by atoms with Crippen LogP contribution in [0.4, 0.5) is 67.3 Å². The number of rotatable bonds is 25. The molecule has 0 radical (unpaired) electrons. The zero-order valence-corrected chi connectivity index (χ0v) is 82.5. The second kappa shape index (κ2) is 53.9. The van der Waals surface area contributed by atoms with E-state index in [1.165, 1.54) is 76.5 Å². The van der Waals surface area contributed by atoms with Crippen molar-refractivity contribution in [2.24, 2.45) is 0 Å². The van der Waals surface area contributed by atoms with E-state index in [2.05, 4.69) is 118 Å². The van der Waals surface area contributed by atoms with Crippen molar-refractivity contribution in [2.45, 2.75) is 157 Å². The molecule has 0 heterocycles. The summed E-state index contributed by atoms with van der Waals surface area (Å²) in [4.78, 5) is 68.8. The number of ether oxygens (including phenoxy) is 12. The van der Waals surface area contributed by atoms with Gasteiger partial charge in [0, 0.05) is 37.9 Å². The number of benzene rings is 12. The molecule has 0 spiro atoms. The standard InChI is InChI=1S/2C19H23NO3.C18H21NO3.C17H18BrNO3.C17H18ClNO3.C17H18FNO3/c1-12-6-9-17(15(4)10-12)23-11-16-13(2)7-8-14(3)18(16)20-19(21)22-5;1-5-15-7-6-8-16(18(15)20-19(21)22-4)12-23-17-10-9-13(2)11-14(17)3;1-12-8-9-16(14(3)10-12)22-11-15-7-5-6-13(2)17(15)19-18(20)21-4;3*1-11-7-8-15(12(2)9-11)22-10-13-5-4-6-14(18)16(13)19-17(20)21-3/h6-10H,11H2,1-5H3,(H,20,21);6-11H,5,12H2,1-4H3,(H,20,21);5-10H,11H2,1-4H3,(H,19,20);3*4-9H,10H2,1-3H3,(H,19,20). The Bertz CT molecular complexity index is 5550. The van der Waals surface area contributed by atoms with E-state index in [4.69, 9.17) is 49.5 Å². The van der Waals surface area contributed by atoms with Crippen LogP contribution in [0.25, 0.3) is 0 Å². The van der Waals surface area contributed by atoms with E-state index in [9.17, 15) is 33.2 Å². The SMILES string of the molecule is CCc1cccc(COc2ccc(C)cc2C)c1NC(=O)OC.COC(=O)Nc1c(Br)cccc1COc1ccc(C)cc1C.COC(=O)Nc1c(C)ccc(C)c1COc1ccc(C)cc1C.COC(=O)Nc1c(C)cccc1COc1ccc(C)cc1C.COC(=O)Nc1c(Cl)cccc1COc1ccc(C)cc1C.COC(=O)Nc1c(F)cccc1COc1ccc(C)cc1C. The number of para-hydroxylation sites is 5. The fraction of sp³-hybridized carbons (Fsp3) is 0.271. The van der Waals surface area contributed by atoms with Crippen molar-refractivity contribution in [3.8, 4) is 34.5 Å². The number of amides is 6. The first-order valence-corrected chi connectivity index (χ1v) is 44.1. The van der Waals surface area contributed by atoms with Crippen LogP contribution in [-0.4, -0.2) is 79.2 Å². The summed E-state index contributed by atoms with van der Waals surface area (Å²) in [5.41, 5.74) is 26.0. The zero-order chi connectivity index (χ0) is 98.3. The van der Waals surface area contributed by atoms with Crippen LogP contribution < -0.4 is 60.3 Å². The summed E-state index contributed by atoms with van der Waals surface area (Å²) in [6, 6.07) is 67.4. The van der Waals surface area contributed by atoms with Crippen LogP contribution in [0.15, 0.2) is 217 Å². The number of carbonyl (C=O) groups excluding carboxylic acids is 6. The lowest BCUT2D eigenvalue weighted by molar-refractivity contribution is 0.186. The van der Waals surface area contributed by atoms with Crippen molar-refractivity contribution >= 4 is 98.2 Å². The number of methoxy groups -OCH3 is 6. The lowest BCUT2D eigenvalue weighted by Gasteiger charge is -2.17. The summed E-state index contributed by atoms with van der Waals surface area (Å²) >= 11 is 9.57. The maximum absolute atomic E-state index is 13.9. The highest BCUT2D eigenvalue weighted by molar-refractivity contribution is 9.10. The zero-order valence-electron chi connectivity index (χ0n) is 80.1. The minimum absolute atomic E-state index is 0.0686. The smallest absolute Gasteiger partial charge is 0.411 e. The minimum Gasteiger partial charge on any atom is -0.489 e. The highest BCUT2D eigenvalue weighted by Crippen LogP contribution is 2.35. The molecule has 708 valence electrons. The second-order valence-corrected chi connectivity index (χ2v) is 32.6. The number of hydrogen-bond acceptors (Lipinski definition) is 18. The fourth-order valence-electron chi connectivity index (χ4n) is 13.6. The molecular formula is C107H121BrClFN6O18. The van der Waals surface area contributed by atoms with Gasteiger partial charge in [-0.1, -0.05) is 210 Å². The van der Waals surface area contributed by atoms with Crippen LogP contribution in [0.2, 0.25) is 5.02 Å². The molecule has 0 aliphatic carbocycles. The number of carbonyl (C=O) groups is 6. The molecular weight excluding hydrogens is 1790 g/mol. The Balaban J connectivity index is 0.000000219. The molecule has 0 atom stereocenters. The van der Waals surface area contributed by atoms with E-state index in [-0.39, 0.29) is 12.3 Å². The molecule has 12 aromatic carbocycles. The van der Waals surface area contributed by atoms with Crippen molar-refractivity contribution in [1.82, 2.24) is 0 Å². The Hall–Kier alpha value is -14.2. The summed E-state index contributed by atoms with van der Waals surface area (Å²) in [6.07, 6.45) is -2.43. The number of nitrogens with one attached hydrogen (secondary N) is 6. The Labute approximate surface area is 799 Å². The third kappa shape index (κ3) is 33.5. The van der Waals surface area contributed by atoms with Gasteiger partial charge in [-0.2, -0.15) is 0 Å². The fourth-order valence-corrected chi connectivity index (χ4v) is 14.3. The number of anilines is 6. The minimum atomic E-state index is -0.724. The van der Waals surface area contributed by atoms with Gasteiger partial charge >= 0.3 is 36.6 Å². The maximum Gasteiger partial charge on any atom is 0.411 e. The summed E-state index contributed by atoms with van der Waals surface area (Å²) in [6.45, 7) is 34.1.